The number of aromatic nitrogens is 2. The number of rotatable bonds is 3. The summed E-state index contributed by atoms with van der Waals surface area (Å²) >= 11 is 0. The van der Waals surface area contributed by atoms with Gasteiger partial charge in [-0.15, -0.1) is 0 Å². The Labute approximate surface area is 125 Å². The Bertz CT molecular complexity index is 494. The molecule has 1 aliphatic carbocycles. The minimum Gasteiger partial charge on any atom is -0.444 e. The molecule has 0 aromatic carbocycles. The molecular weight excluding hydrogens is 268 g/mol. The van der Waals surface area contributed by atoms with Crippen LogP contribution >= 0.6 is 0 Å². The minimum atomic E-state index is -0.420. The number of carbonyl (C=O) groups excluding carboxylic acids is 1. The Morgan fingerprint density at radius 2 is 2.33 bits per heavy atom. The molecule has 0 radical (unpaired) electrons. The monoisotopic (exact) mass is 292 g/mol. The maximum Gasteiger partial charge on any atom is 0.410 e. The summed E-state index contributed by atoms with van der Waals surface area (Å²) in [6.07, 6.45) is 2.72. The van der Waals surface area contributed by atoms with Gasteiger partial charge >= 0.3 is 6.09 Å². The lowest BCUT2D eigenvalue weighted by Gasteiger charge is -2.39. The van der Waals surface area contributed by atoms with Crippen LogP contribution < -0.4 is 5.32 Å². The summed E-state index contributed by atoms with van der Waals surface area (Å²) in [6, 6.07) is 2.47. The molecule has 0 spiro atoms. The minimum absolute atomic E-state index is 0.177. The van der Waals surface area contributed by atoms with Crippen LogP contribution in [0.1, 0.15) is 32.9 Å². The third-order valence-corrected chi connectivity index (χ3v) is 4.33. The summed E-state index contributed by atoms with van der Waals surface area (Å²) in [4.78, 5) is 14.0. The predicted octanol–water partition coefficient (Wildman–Crippen LogP) is 1.75. The highest BCUT2D eigenvalue weighted by atomic mass is 16.6. The SMILES string of the molecule is CC(C)(C)OC(=O)N1CC2CC(NCc3ccn[nH]3)C2C1. The van der Waals surface area contributed by atoms with Gasteiger partial charge in [0.25, 0.3) is 0 Å². The van der Waals surface area contributed by atoms with Crippen molar-refractivity contribution in [1.29, 1.82) is 0 Å². The van der Waals surface area contributed by atoms with E-state index in [-0.39, 0.29) is 6.09 Å². The molecule has 3 unspecified atom stereocenters. The molecule has 116 valence electrons. The highest BCUT2D eigenvalue weighted by Gasteiger charge is 2.48. The standard InChI is InChI=1S/C15H24N4O2/c1-15(2,3)21-14(20)19-8-10-6-13(12(10)9-19)16-7-11-4-5-17-18-11/h4-5,10,12-13,16H,6-9H2,1-3H3,(H,17,18). The van der Waals surface area contributed by atoms with E-state index in [1.165, 1.54) is 0 Å². The van der Waals surface area contributed by atoms with Gasteiger partial charge in [-0.3, -0.25) is 5.10 Å². The third-order valence-electron chi connectivity index (χ3n) is 4.33. The summed E-state index contributed by atoms with van der Waals surface area (Å²) in [7, 11) is 0. The fourth-order valence-electron chi connectivity index (χ4n) is 3.24. The summed E-state index contributed by atoms with van der Waals surface area (Å²) in [6.45, 7) is 8.17. The quantitative estimate of drug-likeness (QED) is 0.890. The molecule has 1 aromatic rings. The number of hydrogen-bond donors (Lipinski definition) is 2. The fourth-order valence-corrected chi connectivity index (χ4v) is 3.24. The Hall–Kier alpha value is -1.56. The summed E-state index contributed by atoms with van der Waals surface area (Å²) < 4.78 is 5.45. The van der Waals surface area contributed by atoms with Crippen molar-refractivity contribution in [2.45, 2.75) is 45.4 Å². The molecular formula is C15H24N4O2. The molecule has 1 aliphatic heterocycles. The zero-order chi connectivity index (χ0) is 15.0. The number of carbonyl (C=O) groups is 1. The number of H-pyrrole nitrogens is 1. The Kier molecular flexibility index (Phi) is 3.65. The number of amides is 1. The largest absolute Gasteiger partial charge is 0.444 e. The number of fused-ring (bicyclic) bond motifs is 1. The molecule has 6 heteroatoms. The van der Waals surface area contributed by atoms with Crippen LogP contribution in [0.15, 0.2) is 12.3 Å². The van der Waals surface area contributed by atoms with Gasteiger partial charge in [0.1, 0.15) is 5.60 Å². The lowest BCUT2D eigenvalue weighted by molar-refractivity contribution is 0.0287. The second kappa shape index (κ2) is 5.33. The van der Waals surface area contributed by atoms with Crippen LogP contribution in [-0.2, 0) is 11.3 Å². The van der Waals surface area contributed by atoms with Gasteiger partial charge in [-0.2, -0.15) is 5.10 Å². The van der Waals surface area contributed by atoms with Crippen LogP contribution in [0.3, 0.4) is 0 Å². The normalized spacial score (nSPS) is 28.1. The van der Waals surface area contributed by atoms with Crippen molar-refractivity contribution in [3.63, 3.8) is 0 Å². The van der Waals surface area contributed by atoms with Crippen LogP contribution in [-0.4, -0.2) is 45.9 Å². The first kappa shape index (κ1) is 14.4. The highest BCUT2D eigenvalue weighted by Crippen LogP contribution is 2.41. The van der Waals surface area contributed by atoms with Crippen molar-refractivity contribution in [3.8, 4) is 0 Å². The maximum atomic E-state index is 12.1. The van der Waals surface area contributed by atoms with Gasteiger partial charge in [-0.1, -0.05) is 0 Å². The van der Waals surface area contributed by atoms with Crippen molar-refractivity contribution in [1.82, 2.24) is 20.4 Å². The van der Waals surface area contributed by atoms with Gasteiger partial charge in [0, 0.05) is 37.6 Å². The number of likely N-dealkylation sites (tertiary alicyclic amines) is 1. The molecule has 2 fully saturated rings. The molecule has 1 saturated carbocycles. The van der Waals surface area contributed by atoms with E-state index >= 15 is 0 Å². The van der Waals surface area contributed by atoms with E-state index in [1.54, 1.807) is 6.20 Å². The van der Waals surface area contributed by atoms with E-state index in [1.807, 2.05) is 31.7 Å². The first-order chi connectivity index (χ1) is 9.92. The Morgan fingerprint density at radius 1 is 1.52 bits per heavy atom. The fraction of sp³-hybridized carbons (Fsp3) is 0.733. The molecule has 2 N–H and O–H groups in total. The van der Waals surface area contributed by atoms with Crippen LogP contribution in [0.4, 0.5) is 4.79 Å². The molecule has 1 amide bonds. The smallest absolute Gasteiger partial charge is 0.410 e. The maximum absolute atomic E-state index is 12.1. The lowest BCUT2D eigenvalue weighted by Crippen LogP contribution is -2.49. The van der Waals surface area contributed by atoms with Crippen LogP contribution in [0.25, 0.3) is 0 Å². The van der Waals surface area contributed by atoms with E-state index < -0.39 is 5.60 Å². The van der Waals surface area contributed by atoms with Crippen molar-refractivity contribution in [3.05, 3.63) is 18.0 Å². The number of aromatic amines is 1. The van der Waals surface area contributed by atoms with E-state index in [9.17, 15) is 4.79 Å². The van der Waals surface area contributed by atoms with Crippen molar-refractivity contribution in [2.75, 3.05) is 13.1 Å². The first-order valence-electron chi connectivity index (χ1n) is 7.62. The molecule has 21 heavy (non-hydrogen) atoms. The van der Waals surface area contributed by atoms with Crippen LogP contribution in [0.2, 0.25) is 0 Å². The number of nitrogens with one attached hydrogen (secondary N) is 2. The second-order valence-electron chi connectivity index (χ2n) is 7.11. The topological polar surface area (TPSA) is 70.2 Å². The lowest BCUT2D eigenvalue weighted by atomic mass is 9.71. The van der Waals surface area contributed by atoms with Gasteiger partial charge in [-0.25, -0.2) is 4.79 Å². The van der Waals surface area contributed by atoms with E-state index in [0.717, 1.165) is 31.7 Å². The van der Waals surface area contributed by atoms with Crippen molar-refractivity contribution >= 4 is 6.09 Å². The van der Waals surface area contributed by atoms with Gasteiger partial charge in [-0.05, 0) is 45.1 Å². The summed E-state index contributed by atoms with van der Waals surface area (Å²) in [5.74, 6) is 1.18. The third kappa shape index (κ3) is 3.20. The van der Waals surface area contributed by atoms with E-state index in [0.29, 0.717) is 17.9 Å². The molecule has 2 aliphatic rings. The molecule has 3 atom stereocenters. The average Bonchev–Trinajstić information content (AvgIpc) is 2.96. The molecule has 3 rings (SSSR count). The van der Waals surface area contributed by atoms with E-state index in [2.05, 4.69) is 15.5 Å². The number of hydrogen-bond acceptors (Lipinski definition) is 4. The zero-order valence-electron chi connectivity index (χ0n) is 12.9. The van der Waals surface area contributed by atoms with Gasteiger partial charge in [0.15, 0.2) is 0 Å². The molecule has 1 saturated heterocycles. The predicted molar refractivity (Wildman–Crippen MR) is 78.6 cm³/mol. The van der Waals surface area contributed by atoms with Crippen molar-refractivity contribution in [2.24, 2.45) is 11.8 Å². The number of ether oxygens (including phenoxy) is 1. The van der Waals surface area contributed by atoms with Gasteiger partial charge in [0.05, 0.1) is 0 Å². The summed E-state index contributed by atoms with van der Waals surface area (Å²) in [5, 5.41) is 10.5. The van der Waals surface area contributed by atoms with Gasteiger partial charge in [0.2, 0.25) is 0 Å². The average molecular weight is 292 g/mol. The zero-order valence-corrected chi connectivity index (χ0v) is 12.9. The van der Waals surface area contributed by atoms with Gasteiger partial charge < -0.3 is 15.0 Å². The van der Waals surface area contributed by atoms with E-state index in [4.69, 9.17) is 4.74 Å². The Morgan fingerprint density at radius 3 is 3.00 bits per heavy atom. The molecule has 6 nitrogen and oxygen atoms in total. The molecule has 0 bridgehead atoms. The Balaban J connectivity index is 1.47. The highest BCUT2D eigenvalue weighted by molar-refractivity contribution is 5.68. The van der Waals surface area contributed by atoms with Crippen LogP contribution in [0.5, 0.6) is 0 Å². The van der Waals surface area contributed by atoms with Crippen molar-refractivity contribution < 1.29 is 9.53 Å². The first-order valence-corrected chi connectivity index (χ1v) is 7.62. The number of nitrogens with zero attached hydrogens (tertiary/aromatic N) is 2. The second-order valence-corrected chi connectivity index (χ2v) is 7.11. The molecule has 1 aromatic heterocycles. The molecule has 2 heterocycles. The van der Waals surface area contributed by atoms with Crippen LogP contribution in [0, 0.1) is 11.8 Å². The summed E-state index contributed by atoms with van der Waals surface area (Å²) in [5.41, 5.74) is 0.678.